The fourth-order valence-corrected chi connectivity index (χ4v) is 2.44. The van der Waals surface area contributed by atoms with Crippen molar-refractivity contribution in [3.05, 3.63) is 0 Å². The molecule has 2 aliphatic rings. The quantitative estimate of drug-likeness (QED) is 0.806. The highest BCUT2D eigenvalue weighted by molar-refractivity contribution is 4.97. The maximum absolute atomic E-state index is 12.2. The first-order valence-electron chi connectivity index (χ1n) is 6.14. The second kappa shape index (κ2) is 4.74. The van der Waals surface area contributed by atoms with E-state index in [0.29, 0.717) is 19.6 Å². The van der Waals surface area contributed by atoms with Gasteiger partial charge in [0.1, 0.15) is 0 Å². The van der Waals surface area contributed by atoms with Gasteiger partial charge >= 0.3 is 6.18 Å². The van der Waals surface area contributed by atoms with Gasteiger partial charge in [-0.3, -0.25) is 4.90 Å². The molecular weight excluding hydrogens is 231 g/mol. The molecule has 100 valence electrons. The maximum Gasteiger partial charge on any atom is 0.401 e. The van der Waals surface area contributed by atoms with E-state index in [1.54, 1.807) is 0 Å². The first-order chi connectivity index (χ1) is 7.92. The number of hydrogen-bond donors (Lipinski definition) is 1. The molecule has 0 aromatic heterocycles. The topological polar surface area (TPSA) is 32.5 Å². The van der Waals surface area contributed by atoms with E-state index in [-0.39, 0.29) is 5.41 Å². The van der Waals surface area contributed by atoms with Crippen LogP contribution < -0.4 is 5.73 Å². The first-order valence-corrected chi connectivity index (χ1v) is 6.14. The average molecular weight is 251 g/mol. The number of nitrogens with two attached hydrogens (primary N) is 1. The highest BCUT2D eigenvalue weighted by Gasteiger charge is 2.43. The largest absolute Gasteiger partial charge is 0.401 e. The van der Waals surface area contributed by atoms with Crippen LogP contribution in [0.25, 0.3) is 0 Å². The summed E-state index contributed by atoms with van der Waals surface area (Å²) in [4.78, 5) is 3.74. The minimum atomic E-state index is -4.07. The molecule has 2 N–H and O–H groups in total. The van der Waals surface area contributed by atoms with Crippen LogP contribution in [0.2, 0.25) is 0 Å². The molecule has 1 saturated heterocycles. The average Bonchev–Trinajstić information content (AvgIpc) is 3.00. The third-order valence-electron chi connectivity index (χ3n) is 3.82. The molecule has 1 aliphatic heterocycles. The van der Waals surface area contributed by atoms with E-state index >= 15 is 0 Å². The van der Waals surface area contributed by atoms with Crippen LogP contribution in [-0.2, 0) is 0 Å². The lowest BCUT2D eigenvalue weighted by Gasteiger charge is -2.36. The van der Waals surface area contributed by atoms with Crippen LogP contribution in [0.5, 0.6) is 0 Å². The van der Waals surface area contributed by atoms with Gasteiger partial charge in [0.25, 0.3) is 0 Å². The van der Waals surface area contributed by atoms with Gasteiger partial charge in [-0.1, -0.05) is 0 Å². The van der Waals surface area contributed by atoms with Crippen molar-refractivity contribution < 1.29 is 13.2 Å². The molecule has 1 aliphatic carbocycles. The van der Waals surface area contributed by atoms with Gasteiger partial charge < -0.3 is 10.6 Å². The second-order valence-electron chi connectivity index (χ2n) is 5.37. The Hall–Kier alpha value is -0.330. The fraction of sp³-hybridized carbons (Fsp3) is 1.00. The van der Waals surface area contributed by atoms with E-state index in [4.69, 9.17) is 5.73 Å². The zero-order chi connectivity index (χ0) is 12.5. The summed E-state index contributed by atoms with van der Waals surface area (Å²) in [6.07, 6.45) is -1.73. The second-order valence-corrected chi connectivity index (χ2v) is 5.37. The van der Waals surface area contributed by atoms with Crippen LogP contribution in [0.1, 0.15) is 12.8 Å². The Kier molecular flexibility index (Phi) is 3.66. The monoisotopic (exact) mass is 251 g/mol. The third-order valence-corrected chi connectivity index (χ3v) is 3.82. The lowest BCUT2D eigenvalue weighted by Crippen LogP contribution is -2.50. The summed E-state index contributed by atoms with van der Waals surface area (Å²) >= 11 is 0. The molecule has 0 unspecified atom stereocenters. The molecular formula is C11H20F3N3. The Bertz CT molecular complexity index is 255. The van der Waals surface area contributed by atoms with Crippen molar-refractivity contribution in [1.29, 1.82) is 0 Å². The number of rotatable bonds is 4. The van der Waals surface area contributed by atoms with Gasteiger partial charge in [-0.05, 0) is 24.8 Å². The van der Waals surface area contributed by atoms with Crippen LogP contribution in [0, 0.1) is 5.41 Å². The van der Waals surface area contributed by atoms with Gasteiger partial charge in [0.2, 0.25) is 0 Å². The molecule has 2 rings (SSSR count). The van der Waals surface area contributed by atoms with Gasteiger partial charge in [-0.2, -0.15) is 13.2 Å². The summed E-state index contributed by atoms with van der Waals surface area (Å²) in [6, 6.07) is 0. The number of nitrogens with zero attached hydrogens (tertiary/aromatic N) is 2. The number of halogens is 3. The van der Waals surface area contributed by atoms with Crippen molar-refractivity contribution in [2.24, 2.45) is 11.1 Å². The van der Waals surface area contributed by atoms with Gasteiger partial charge in [0.15, 0.2) is 0 Å². The molecule has 0 spiro atoms. The molecule has 2 fully saturated rings. The van der Waals surface area contributed by atoms with Crippen LogP contribution in [0.15, 0.2) is 0 Å². The Morgan fingerprint density at radius 1 is 1.00 bits per heavy atom. The first kappa shape index (κ1) is 13.1. The third kappa shape index (κ3) is 3.82. The van der Waals surface area contributed by atoms with Crippen LogP contribution in [-0.4, -0.2) is 61.8 Å². The lowest BCUT2D eigenvalue weighted by molar-refractivity contribution is -0.149. The molecule has 17 heavy (non-hydrogen) atoms. The highest BCUT2D eigenvalue weighted by atomic mass is 19.4. The van der Waals surface area contributed by atoms with E-state index in [0.717, 1.165) is 19.6 Å². The normalized spacial score (nSPS) is 26.1. The number of piperazine rings is 1. The summed E-state index contributed by atoms with van der Waals surface area (Å²) in [5.74, 6) is 0. The van der Waals surface area contributed by atoms with Crippen molar-refractivity contribution in [3.8, 4) is 0 Å². The minimum absolute atomic E-state index is 0.284. The van der Waals surface area contributed by atoms with Crippen molar-refractivity contribution in [2.75, 3.05) is 45.8 Å². The van der Waals surface area contributed by atoms with Gasteiger partial charge in [-0.15, -0.1) is 0 Å². The molecule has 0 bridgehead atoms. The molecule has 1 heterocycles. The fourth-order valence-electron chi connectivity index (χ4n) is 2.44. The summed E-state index contributed by atoms with van der Waals surface area (Å²) in [6.45, 7) is 3.39. The van der Waals surface area contributed by atoms with Crippen molar-refractivity contribution in [2.45, 2.75) is 19.0 Å². The predicted octanol–water partition coefficient (Wildman–Crippen LogP) is 0.905. The van der Waals surface area contributed by atoms with Crippen molar-refractivity contribution >= 4 is 0 Å². The number of alkyl halides is 3. The predicted molar refractivity (Wildman–Crippen MR) is 59.7 cm³/mol. The molecule has 0 radical (unpaired) electrons. The minimum Gasteiger partial charge on any atom is -0.330 e. The molecule has 0 aromatic carbocycles. The van der Waals surface area contributed by atoms with Crippen molar-refractivity contribution in [1.82, 2.24) is 9.80 Å². The molecule has 6 heteroatoms. The standard InChI is InChI=1S/C11H20F3N3/c12-11(13,14)9-17-5-3-16(4-6-17)8-10(7-15)1-2-10/h1-9,15H2. The molecule has 3 nitrogen and oxygen atoms in total. The Balaban J connectivity index is 1.71. The van der Waals surface area contributed by atoms with Gasteiger partial charge in [0.05, 0.1) is 6.54 Å². The summed E-state index contributed by atoms with van der Waals surface area (Å²) in [5.41, 5.74) is 5.99. The van der Waals surface area contributed by atoms with E-state index < -0.39 is 12.7 Å². The molecule has 0 atom stereocenters. The van der Waals surface area contributed by atoms with E-state index in [1.165, 1.54) is 17.7 Å². The molecule has 0 aromatic rings. The van der Waals surface area contributed by atoms with Crippen LogP contribution in [0.4, 0.5) is 13.2 Å². The zero-order valence-corrected chi connectivity index (χ0v) is 9.97. The number of hydrogen-bond acceptors (Lipinski definition) is 3. The Morgan fingerprint density at radius 3 is 1.94 bits per heavy atom. The van der Waals surface area contributed by atoms with Gasteiger partial charge in [-0.25, -0.2) is 0 Å². The Labute approximate surface area is 99.7 Å². The molecule has 1 saturated carbocycles. The summed E-state index contributed by atoms with van der Waals surface area (Å²) in [7, 11) is 0. The van der Waals surface area contributed by atoms with E-state index in [2.05, 4.69) is 4.90 Å². The van der Waals surface area contributed by atoms with Crippen LogP contribution >= 0.6 is 0 Å². The van der Waals surface area contributed by atoms with Crippen molar-refractivity contribution in [3.63, 3.8) is 0 Å². The Morgan fingerprint density at radius 2 is 1.53 bits per heavy atom. The smallest absolute Gasteiger partial charge is 0.330 e. The van der Waals surface area contributed by atoms with E-state index in [1.807, 2.05) is 0 Å². The maximum atomic E-state index is 12.2. The van der Waals surface area contributed by atoms with Gasteiger partial charge in [0, 0.05) is 32.7 Å². The lowest BCUT2D eigenvalue weighted by atomic mass is 10.1. The zero-order valence-electron chi connectivity index (χ0n) is 9.97. The summed E-state index contributed by atoms with van der Waals surface area (Å²) in [5, 5.41) is 0. The van der Waals surface area contributed by atoms with Crippen LogP contribution in [0.3, 0.4) is 0 Å². The van der Waals surface area contributed by atoms with E-state index in [9.17, 15) is 13.2 Å². The highest BCUT2D eigenvalue weighted by Crippen LogP contribution is 2.45. The molecule has 0 amide bonds. The summed E-state index contributed by atoms with van der Waals surface area (Å²) < 4.78 is 36.6. The SMILES string of the molecule is NCC1(CN2CCN(CC(F)(F)F)CC2)CC1.